The second-order valence-corrected chi connectivity index (χ2v) is 6.14. The molecule has 1 N–H and O–H groups in total. The lowest BCUT2D eigenvalue weighted by atomic mass is 10.2. The summed E-state index contributed by atoms with van der Waals surface area (Å²) in [7, 11) is 3.96. The maximum absolute atomic E-state index is 12.5. The van der Waals surface area contributed by atoms with E-state index >= 15 is 0 Å². The minimum atomic E-state index is -0.228. The summed E-state index contributed by atoms with van der Waals surface area (Å²) in [5.41, 5.74) is 2.20. The molecule has 0 aliphatic rings. The summed E-state index contributed by atoms with van der Waals surface area (Å²) in [6, 6.07) is 9.46. The molecule has 0 saturated carbocycles. The molecule has 0 bridgehead atoms. The first-order valence-corrected chi connectivity index (χ1v) is 8.70. The Morgan fingerprint density at radius 2 is 1.68 bits per heavy atom. The molecule has 1 heterocycles. The normalized spacial score (nSPS) is 10.4. The van der Waals surface area contributed by atoms with E-state index in [9.17, 15) is 4.79 Å². The van der Waals surface area contributed by atoms with E-state index in [1.807, 2.05) is 43.3 Å². The summed E-state index contributed by atoms with van der Waals surface area (Å²) in [5, 5.41) is 2.89. The van der Waals surface area contributed by atoms with Gasteiger partial charge in [-0.2, -0.15) is 0 Å². The topological polar surface area (TPSA) is 61.4 Å². The maximum Gasteiger partial charge on any atom is 0.274 e. The molecule has 1 amide bonds. The monoisotopic (exact) mass is 341 g/mol. The van der Waals surface area contributed by atoms with Crippen molar-refractivity contribution in [2.75, 3.05) is 42.3 Å². The molecular weight excluding hydrogens is 314 g/mol. The number of benzene rings is 1. The van der Waals surface area contributed by atoms with Crippen LogP contribution >= 0.6 is 0 Å². The number of carbonyl (C=O) groups excluding carboxylic acids is 1. The van der Waals surface area contributed by atoms with E-state index in [2.05, 4.69) is 34.0 Å². The number of nitrogens with zero attached hydrogens (tertiary/aromatic N) is 4. The second-order valence-electron chi connectivity index (χ2n) is 6.14. The number of hydrogen-bond acceptors (Lipinski definition) is 5. The number of carbonyl (C=O) groups is 1. The van der Waals surface area contributed by atoms with Gasteiger partial charge in [-0.1, -0.05) is 13.8 Å². The SMILES string of the molecule is CCCN(CCC)c1cc(C(=O)Nc2ccc(N(C)C)cc2)ncn1. The average Bonchev–Trinajstić information content (AvgIpc) is 2.62. The van der Waals surface area contributed by atoms with Crippen molar-refractivity contribution >= 4 is 23.1 Å². The van der Waals surface area contributed by atoms with Gasteiger partial charge in [0.1, 0.15) is 17.8 Å². The van der Waals surface area contributed by atoms with Crippen LogP contribution in [-0.2, 0) is 0 Å². The number of rotatable bonds is 8. The summed E-state index contributed by atoms with van der Waals surface area (Å²) >= 11 is 0. The molecule has 0 fully saturated rings. The molecule has 1 aromatic heterocycles. The van der Waals surface area contributed by atoms with Crippen LogP contribution in [0.15, 0.2) is 36.7 Å². The predicted molar refractivity (Wildman–Crippen MR) is 104 cm³/mol. The highest BCUT2D eigenvalue weighted by atomic mass is 16.1. The lowest BCUT2D eigenvalue weighted by molar-refractivity contribution is 0.102. The van der Waals surface area contributed by atoms with Gasteiger partial charge >= 0.3 is 0 Å². The summed E-state index contributed by atoms with van der Waals surface area (Å²) in [6.45, 7) is 6.10. The summed E-state index contributed by atoms with van der Waals surface area (Å²) < 4.78 is 0. The molecule has 0 radical (unpaired) electrons. The zero-order chi connectivity index (χ0) is 18.2. The Labute approximate surface area is 149 Å². The number of nitrogens with one attached hydrogen (secondary N) is 1. The van der Waals surface area contributed by atoms with Crippen molar-refractivity contribution in [2.45, 2.75) is 26.7 Å². The maximum atomic E-state index is 12.5. The fourth-order valence-electron chi connectivity index (χ4n) is 2.56. The molecule has 0 unspecified atom stereocenters. The van der Waals surface area contributed by atoms with Crippen LogP contribution in [-0.4, -0.2) is 43.1 Å². The van der Waals surface area contributed by atoms with E-state index in [0.29, 0.717) is 5.69 Å². The highest BCUT2D eigenvalue weighted by molar-refractivity contribution is 6.03. The van der Waals surface area contributed by atoms with Gasteiger partial charge in [-0.05, 0) is 37.1 Å². The minimum absolute atomic E-state index is 0.228. The fraction of sp³-hybridized carbons (Fsp3) is 0.421. The van der Waals surface area contributed by atoms with Crippen LogP contribution in [0.2, 0.25) is 0 Å². The van der Waals surface area contributed by atoms with Crippen molar-refractivity contribution in [2.24, 2.45) is 0 Å². The van der Waals surface area contributed by atoms with E-state index in [-0.39, 0.29) is 5.91 Å². The number of aromatic nitrogens is 2. The van der Waals surface area contributed by atoms with Crippen LogP contribution < -0.4 is 15.1 Å². The van der Waals surface area contributed by atoms with E-state index in [1.165, 1.54) is 6.33 Å². The molecule has 0 spiro atoms. The van der Waals surface area contributed by atoms with Crippen LogP contribution in [0.1, 0.15) is 37.2 Å². The van der Waals surface area contributed by atoms with Gasteiger partial charge in [0.05, 0.1) is 0 Å². The van der Waals surface area contributed by atoms with Crippen LogP contribution in [0.4, 0.5) is 17.2 Å². The van der Waals surface area contributed by atoms with Gasteiger partial charge in [-0.15, -0.1) is 0 Å². The van der Waals surface area contributed by atoms with Gasteiger partial charge in [0.25, 0.3) is 5.91 Å². The lowest BCUT2D eigenvalue weighted by Crippen LogP contribution is -2.26. The third kappa shape index (κ3) is 5.17. The van der Waals surface area contributed by atoms with Crippen molar-refractivity contribution in [3.8, 4) is 0 Å². The first kappa shape index (κ1) is 18.7. The standard InChI is InChI=1S/C19H27N5O/c1-5-11-24(12-6-2)18-13-17(20-14-21-18)19(25)22-15-7-9-16(10-8-15)23(3)4/h7-10,13-14H,5-6,11-12H2,1-4H3,(H,22,25). The molecular formula is C19H27N5O. The van der Waals surface area contributed by atoms with E-state index in [0.717, 1.165) is 43.1 Å². The third-order valence-corrected chi connectivity index (χ3v) is 3.84. The highest BCUT2D eigenvalue weighted by Crippen LogP contribution is 2.17. The first-order chi connectivity index (χ1) is 12.0. The molecule has 0 saturated heterocycles. The fourth-order valence-corrected chi connectivity index (χ4v) is 2.56. The largest absolute Gasteiger partial charge is 0.378 e. The molecule has 6 heteroatoms. The summed E-state index contributed by atoms with van der Waals surface area (Å²) in [4.78, 5) is 25.1. The minimum Gasteiger partial charge on any atom is -0.378 e. The van der Waals surface area contributed by atoms with E-state index in [1.54, 1.807) is 6.07 Å². The van der Waals surface area contributed by atoms with Gasteiger partial charge in [0.15, 0.2) is 0 Å². The first-order valence-electron chi connectivity index (χ1n) is 8.70. The molecule has 0 aliphatic heterocycles. The Hall–Kier alpha value is -2.63. The van der Waals surface area contributed by atoms with Crippen molar-refractivity contribution in [3.05, 3.63) is 42.4 Å². The molecule has 1 aromatic carbocycles. The Morgan fingerprint density at radius 1 is 1.04 bits per heavy atom. The molecule has 25 heavy (non-hydrogen) atoms. The third-order valence-electron chi connectivity index (χ3n) is 3.84. The van der Waals surface area contributed by atoms with Gasteiger partial charge in [0, 0.05) is 44.6 Å². The molecule has 0 aliphatic carbocycles. The van der Waals surface area contributed by atoms with Crippen molar-refractivity contribution in [3.63, 3.8) is 0 Å². The lowest BCUT2D eigenvalue weighted by Gasteiger charge is -2.22. The van der Waals surface area contributed by atoms with Crippen LogP contribution in [0.25, 0.3) is 0 Å². The summed E-state index contributed by atoms with van der Waals surface area (Å²) in [6.07, 6.45) is 3.52. The molecule has 2 rings (SSSR count). The van der Waals surface area contributed by atoms with Crippen LogP contribution in [0.3, 0.4) is 0 Å². The highest BCUT2D eigenvalue weighted by Gasteiger charge is 2.12. The van der Waals surface area contributed by atoms with Gasteiger partial charge in [-0.3, -0.25) is 4.79 Å². The van der Waals surface area contributed by atoms with Crippen molar-refractivity contribution in [1.29, 1.82) is 0 Å². The zero-order valence-electron chi connectivity index (χ0n) is 15.5. The zero-order valence-corrected chi connectivity index (χ0v) is 15.5. The Bertz CT molecular complexity index is 678. The Morgan fingerprint density at radius 3 is 2.24 bits per heavy atom. The Balaban J connectivity index is 2.12. The van der Waals surface area contributed by atoms with E-state index in [4.69, 9.17) is 0 Å². The van der Waals surface area contributed by atoms with Gasteiger partial charge < -0.3 is 15.1 Å². The molecule has 2 aromatic rings. The second kappa shape index (κ2) is 9.01. The number of anilines is 3. The van der Waals surface area contributed by atoms with Crippen LogP contribution in [0.5, 0.6) is 0 Å². The quantitative estimate of drug-likeness (QED) is 0.797. The van der Waals surface area contributed by atoms with Crippen molar-refractivity contribution in [1.82, 2.24) is 9.97 Å². The molecule has 0 atom stereocenters. The van der Waals surface area contributed by atoms with Crippen LogP contribution in [0, 0.1) is 0 Å². The predicted octanol–water partition coefficient (Wildman–Crippen LogP) is 3.42. The number of hydrogen-bond donors (Lipinski definition) is 1. The van der Waals surface area contributed by atoms with Gasteiger partial charge in [-0.25, -0.2) is 9.97 Å². The average molecular weight is 341 g/mol. The molecule has 6 nitrogen and oxygen atoms in total. The smallest absolute Gasteiger partial charge is 0.274 e. The summed E-state index contributed by atoms with van der Waals surface area (Å²) in [5.74, 6) is 0.570. The van der Waals surface area contributed by atoms with E-state index < -0.39 is 0 Å². The van der Waals surface area contributed by atoms with Gasteiger partial charge in [0.2, 0.25) is 0 Å². The number of amides is 1. The van der Waals surface area contributed by atoms with Crippen molar-refractivity contribution < 1.29 is 4.79 Å². The molecule has 134 valence electrons. The Kier molecular flexibility index (Phi) is 6.74.